The first-order valence-corrected chi connectivity index (χ1v) is 12.8. The molecule has 0 saturated heterocycles. The highest BCUT2D eigenvalue weighted by atomic mass is 35.5. The van der Waals surface area contributed by atoms with Gasteiger partial charge in [0, 0.05) is 42.5 Å². The van der Waals surface area contributed by atoms with Crippen LogP contribution in [0.5, 0.6) is 0 Å². The number of carbonyl (C=O) groups is 2. The van der Waals surface area contributed by atoms with Gasteiger partial charge in [-0.25, -0.2) is 9.59 Å². The van der Waals surface area contributed by atoms with E-state index in [0.717, 1.165) is 4.90 Å². The molecule has 0 unspecified atom stereocenters. The Morgan fingerprint density at radius 2 is 1.18 bits per heavy atom. The Balaban J connectivity index is 0.000000710. The Labute approximate surface area is 268 Å². The molecule has 0 fully saturated rings. The highest BCUT2D eigenvalue weighted by Gasteiger charge is 2.35. The molecule has 0 aliphatic heterocycles. The maximum atomic E-state index is 12.7. The number of methoxy groups -OCH3 is 4. The molecule has 45 heavy (non-hydrogen) atoms. The number of primary amides is 1. The van der Waals surface area contributed by atoms with Crippen molar-refractivity contribution < 1.29 is 54.9 Å². The van der Waals surface area contributed by atoms with Crippen molar-refractivity contribution in [3.8, 4) is 0 Å². The molecule has 256 valence electrons. The summed E-state index contributed by atoms with van der Waals surface area (Å²) in [6.45, 7) is 0.397. The molecule has 4 amide bonds. The molecule has 0 spiro atoms. The second-order valence-corrected chi connectivity index (χ2v) is 9.24. The van der Waals surface area contributed by atoms with Gasteiger partial charge in [-0.05, 0) is 12.1 Å². The molecule has 0 bridgehead atoms. The molecule has 2 heterocycles. The molecule has 0 aliphatic rings. The van der Waals surface area contributed by atoms with Crippen molar-refractivity contribution in [2.24, 2.45) is 5.73 Å². The number of urea groups is 2. The zero-order chi connectivity index (χ0) is 35.1. The number of nitrogens with two attached hydrogens (primary N) is 1. The van der Waals surface area contributed by atoms with Crippen LogP contribution in [0.3, 0.4) is 0 Å². The Morgan fingerprint density at radius 3 is 1.56 bits per heavy atom. The normalized spacial score (nSPS) is 11.3. The summed E-state index contributed by atoms with van der Waals surface area (Å²) in [5.41, 5.74) is 2.70. The fourth-order valence-corrected chi connectivity index (χ4v) is 3.05. The molecule has 2 rings (SSSR count). The molecule has 2 aromatic rings. The van der Waals surface area contributed by atoms with E-state index in [-0.39, 0.29) is 17.5 Å². The quantitative estimate of drug-likeness (QED) is 0.275. The number of hydrogen-bond acceptors (Lipinski definition) is 10. The number of anilines is 1. The molecular formula is C22H29Cl3F6N8O6. The van der Waals surface area contributed by atoms with Gasteiger partial charge in [-0.15, -0.1) is 20.4 Å². The Kier molecular flexibility index (Phi) is 18.2. The molecule has 14 nitrogen and oxygen atoms in total. The second-order valence-electron chi connectivity index (χ2n) is 8.13. The number of aromatic nitrogens is 4. The van der Waals surface area contributed by atoms with Gasteiger partial charge >= 0.3 is 24.4 Å². The smallest absolute Gasteiger partial charge is 0.354 e. The minimum atomic E-state index is -4.70. The van der Waals surface area contributed by atoms with Crippen LogP contribution in [0.1, 0.15) is 11.1 Å². The van der Waals surface area contributed by atoms with Gasteiger partial charge in [-0.3, -0.25) is 5.32 Å². The third-order valence-electron chi connectivity index (χ3n) is 4.93. The summed E-state index contributed by atoms with van der Waals surface area (Å²) in [5.74, 6) is -0.375. The van der Waals surface area contributed by atoms with E-state index in [0.29, 0.717) is 18.7 Å². The molecule has 0 atom stereocenters. The van der Waals surface area contributed by atoms with Crippen LogP contribution in [0.4, 0.5) is 41.7 Å². The molecule has 0 aliphatic carbocycles. The minimum Gasteiger partial charge on any atom is -0.354 e. The van der Waals surface area contributed by atoms with E-state index in [1.165, 1.54) is 40.4 Å². The van der Waals surface area contributed by atoms with Crippen molar-refractivity contribution in [2.45, 2.75) is 24.9 Å². The van der Waals surface area contributed by atoms with Crippen LogP contribution in [0.15, 0.2) is 12.1 Å². The second kappa shape index (κ2) is 19.5. The largest absolute Gasteiger partial charge is 0.419 e. The number of nitrogens with zero attached hydrogens (tertiary/aromatic N) is 6. The highest BCUT2D eigenvalue weighted by Crippen LogP contribution is 2.35. The monoisotopic (exact) mass is 720 g/mol. The maximum absolute atomic E-state index is 12.7. The number of rotatable bonds is 9. The van der Waals surface area contributed by atoms with Gasteiger partial charge < -0.3 is 34.5 Å². The summed E-state index contributed by atoms with van der Waals surface area (Å²) >= 11 is 15.7. The van der Waals surface area contributed by atoms with Gasteiger partial charge in [0.2, 0.25) is 0 Å². The molecule has 23 heteroatoms. The maximum Gasteiger partial charge on any atom is 0.419 e. The zero-order valence-corrected chi connectivity index (χ0v) is 26.6. The van der Waals surface area contributed by atoms with Gasteiger partial charge in [0.1, 0.15) is 0 Å². The van der Waals surface area contributed by atoms with Crippen molar-refractivity contribution in [1.82, 2.24) is 30.2 Å². The molecule has 2 aromatic heterocycles. The van der Waals surface area contributed by atoms with E-state index >= 15 is 0 Å². The van der Waals surface area contributed by atoms with E-state index < -0.39 is 58.4 Å². The lowest BCUT2D eigenvalue weighted by atomic mass is 10.3. The molecule has 0 radical (unpaired) electrons. The Morgan fingerprint density at radius 1 is 0.778 bits per heavy atom. The lowest BCUT2D eigenvalue weighted by Crippen LogP contribution is -2.39. The van der Waals surface area contributed by atoms with Crippen LogP contribution in [0.2, 0.25) is 15.5 Å². The fraction of sp³-hybridized carbons (Fsp3) is 0.545. The van der Waals surface area contributed by atoms with E-state index in [9.17, 15) is 35.9 Å². The van der Waals surface area contributed by atoms with Crippen molar-refractivity contribution in [2.75, 3.05) is 60.9 Å². The van der Waals surface area contributed by atoms with Gasteiger partial charge in [0.15, 0.2) is 33.9 Å². The van der Waals surface area contributed by atoms with Crippen LogP contribution in [0.25, 0.3) is 0 Å². The number of ether oxygens (including phenoxy) is 4. The molecule has 3 N–H and O–H groups in total. The topological polar surface area (TPSA) is 167 Å². The summed E-state index contributed by atoms with van der Waals surface area (Å²) in [4.78, 5) is 24.8. The number of amides is 4. The lowest BCUT2D eigenvalue weighted by molar-refractivity contribution is -0.138. The van der Waals surface area contributed by atoms with Crippen LogP contribution in [-0.4, -0.2) is 110 Å². The van der Waals surface area contributed by atoms with Crippen molar-refractivity contribution in [3.63, 3.8) is 0 Å². The summed E-state index contributed by atoms with van der Waals surface area (Å²) in [7, 11) is 8.77. The van der Waals surface area contributed by atoms with Crippen LogP contribution in [-0.2, 0) is 31.3 Å². The Bertz CT molecular complexity index is 1230. The summed E-state index contributed by atoms with van der Waals surface area (Å²) in [6.07, 6.45) is -10.3. The first kappa shape index (κ1) is 42.0. The molecular weight excluding hydrogens is 693 g/mol. The average Bonchev–Trinajstić information content (AvgIpc) is 2.95. The Hall–Kier alpha value is -3.01. The number of alkyl halides is 6. The number of halogens is 9. The standard InChI is InChI=1S/C11H14ClF3N4O3.C6H14N2O3.C5HCl2F3N2/c1-19(5-8(21-2)22-3)10(20)16-7-4-6(11(13,14)15)9(12)18-17-7;1-8(6(7)9)4-5(10-2)11-3;6-3-1-2(5(8,9)10)4(7)12-11-3/h4,8H,5H2,1-3H3,(H,16,17,20);5H,4H2,1-3H3,(H2,7,9);1H. The lowest BCUT2D eigenvalue weighted by Gasteiger charge is -2.22. The van der Waals surface area contributed by atoms with Crippen LogP contribution < -0.4 is 11.1 Å². The molecule has 0 aromatic carbocycles. The fourth-order valence-electron chi connectivity index (χ4n) is 2.50. The SMILES string of the molecule is COC(CN(C)C(=O)Nc1cc(C(F)(F)F)c(Cl)nn1)OC.COC(CN(C)C(N)=O)OC.FC(F)(F)c1cc(Cl)nnc1Cl. The average molecular weight is 722 g/mol. The third kappa shape index (κ3) is 15.7. The van der Waals surface area contributed by atoms with Crippen LogP contribution >= 0.6 is 34.8 Å². The summed E-state index contributed by atoms with van der Waals surface area (Å²) < 4.78 is 93.6. The first-order chi connectivity index (χ1) is 20.7. The number of hydrogen-bond donors (Lipinski definition) is 2. The zero-order valence-electron chi connectivity index (χ0n) is 24.3. The van der Waals surface area contributed by atoms with Gasteiger partial charge in [-0.2, -0.15) is 26.3 Å². The summed E-state index contributed by atoms with van der Waals surface area (Å²) in [5, 5.41) is 13.0. The highest BCUT2D eigenvalue weighted by molar-refractivity contribution is 6.31. The van der Waals surface area contributed by atoms with E-state index in [2.05, 4.69) is 25.7 Å². The van der Waals surface area contributed by atoms with Crippen molar-refractivity contribution in [1.29, 1.82) is 0 Å². The van der Waals surface area contributed by atoms with Gasteiger partial charge in [-0.1, -0.05) is 34.8 Å². The number of nitrogens with one attached hydrogen (secondary N) is 1. The van der Waals surface area contributed by atoms with E-state index in [4.69, 9.17) is 59.5 Å². The molecule has 0 saturated carbocycles. The predicted octanol–water partition coefficient (Wildman–Crippen LogP) is 4.65. The van der Waals surface area contributed by atoms with Crippen LogP contribution in [0, 0.1) is 0 Å². The van der Waals surface area contributed by atoms with E-state index in [1.807, 2.05) is 0 Å². The van der Waals surface area contributed by atoms with Crippen molar-refractivity contribution >= 4 is 52.7 Å². The van der Waals surface area contributed by atoms with Crippen molar-refractivity contribution in [3.05, 3.63) is 38.7 Å². The van der Waals surface area contributed by atoms with Gasteiger partial charge in [0.25, 0.3) is 0 Å². The number of likely N-dealkylation sites (N-methyl/N-ethyl adjacent to an activating group) is 2. The van der Waals surface area contributed by atoms with Gasteiger partial charge in [0.05, 0.1) is 24.2 Å². The number of carbonyl (C=O) groups excluding carboxylic acids is 2. The predicted molar refractivity (Wildman–Crippen MR) is 149 cm³/mol. The summed E-state index contributed by atoms with van der Waals surface area (Å²) in [6, 6.07) is 0.0233. The third-order valence-corrected chi connectivity index (χ3v) is 5.68. The van der Waals surface area contributed by atoms with E-state index in [1.54, 1.807) is 7.05 Å². The first-order valence-electron chi connectivity index (χ1n) is 11.7. The minimum absolute atomic E-state index is 0.0615.